The first-order valence-electron chi connectivity index (χ1n) is 5.84. The summed E-state index contributed by atoms with van der Waals surface area (Å²) in [5.41, 5.74) is 6.01. The number of fused-ring (bicyclic) bond motifs is 1. The van der Waals surface area contributed by atoms with Crippen LogP contribution in [0.2, 0.25) is 5.02 Å². The Morgan fingerprint density at radius 1 is 1.11 bits per heavy atom. The lowest BCUT2D eigenvalue weighted by atomic mass is 10.1. The Hall–Kier alpha value is -0.900. The van der Waals surface area contributed by atoms with Crippen LogP contribution in [0, 0.1) is 6.92 Å². The summed E-state index contributed by atoms with van der Waals surface area (Å²) in [6.07, 6.45) is 0. The van der Waals surface area contributed by atoms with E-state index in [4.69, 9.17) is 11.6 Å². The van der Waals surface area contributed by atoms with Crippen molar-refractivity contribution in [3.63, 3.8) is 0 Å². The molecule has 0 aliphatic carbocycles. The lowest BCUT2D eigenvalue weighted by molar-refractivity contribution is -0.658. The average molecular weight is 355 g/mol. The molecule has 98 valence electrons. The summed E-state index contributed by atoms with van der Waals surface area (Å²) in [6.45, 7) is 3.01. The standard InChI is InChI=1S/C15H13ClNS.BrH/c1-11-2-4-12(5-3-11)9-17-10-18-15-8-13(16)6-7-14(15)17;/h2-8,10H,9H2,1H3;1H/q+1;/p-1. The quantitative estimate of drug-likeness (QED) is 0.609. The van der Waals surface area contributed by atoms with Crippen LogP contribution in [0.1, 0.15) is 11.1 Å². The summed E-state index contributed by atoms with van der Waals surface area (Å²) in [4.78, 5) is 0. The molecule has 19 heavy (non-hydrogen) atoms. The normalized spacial score (nSPS) is 10.4. The zero-order chi connectivity index (χ0) is 12.5. The Labute approximate surface area is 132 Å². The Bertz CT molecular complexity index is 691. The SMILES string of the molecule is Cc1ccc(C[n+]2csc3cc(Cl)ccc32)cc1.[Br-]. The molecule has 0 fully saturated rings. The van der Waals surface area contributed by atoms with Gasteiger partial charge in [-0.2, -0.15) is 4.57 Å². The van der Waals surface area contributed by atoms with Crippen LogP contribution in [-0.2, 0) is 6.54 Å². The predicted molar refractivity (Wildman–Crippen MR) is 77.3 cm³/mol. The van der Waals surface area contributed by atoms with Crippen molar-refractivity contribution in [2.24, 2.45) is 0 Å². The van der Waals surface area contributed by atoms with Gasteiger partial charge in [0.2, 0.25) is 11.0 Å². The van der Waals surface area contributed by atoms with Crippen LogP contribution < -0.4 is 21.5 Å². The van der Waals surface area contributed by atoms with Gasteiger partial charge < -0.3 is 17.0 Å². The van der Waals surface area contributed by atoms with E-state index in [1.54, 1.807) is 11.3 Å². The molecule has 0 radical (unpaired) electrons. The summed E-state index contributed by atoms with van der Waals surface area (Å²) >= 11 is 7.73. The zero-order valence-corrected chi connectivity index (χ0v) is 13.6. The van der Waals surface area contributed by atoms with E-state index in [9.17, 15) is 0 Å². The molecule has 3 rings (SSSR count). The predicted octanol–water partition coefficient (Wildman–Crippen LogP) is 1.20. The fourth-order valence-electron chi connectivity index (χ4n) is 2.01. The second kappa shape index (κ2) is 6.04. The monoisotopic (exact) mass is 353 g/mol. The molecule has 0 saturated heterocycles. The smallest absolute Gasteiger partial charge is 0.226 e. The summed E-state index contributed by atoms with van der Waals surface area (Å²) in [5.74, 6) is 0. The topological polar surface area (TPSA) is 3.88 Å². The third-order valence-corrected chi connectivity index (χ3v) is 4.19. The Morgan fingerprint density at radius 2 is 1.84 bits per heavy atom. The molecule has 3 aromatic rings. The molecule has 1 aromatic heterocycles. The molecule has 0 bridgehead atoms. The average Bonchev–Trinajstić information content (AvgIpc) is 2.74. The number of rotatable bonds is 2. The fraction of sp³-hybridized carbons (Fsp3) is 0.133. The van der Waals surface area contributed by atoms with Crippen molar-refractivity contribution in [1.82, 2.24) is 0 Å². The first-order valence-corrected chi connectivity index (χ1v) is 7.10. The molecule has 0 atom stereocenters. The van der Waals surface area contributed by atoms with Crippen LogP contribution in [0.25, 0.3) is 10.2 Å². The summed E-state index contributed by atoms with van der Waals surface area (Å²) in [7, 11) is 0. The van der Waals surface area contributed by atoms with E-state index in [-0.39, 0.29) is 17.0 Å². The van der Waals surface area contributed by atoms with E-state index in [1.165, 1.54) is 21.3 Å². The second-order valence-electron chi connectivity index (χ2n) is 4.45. The van der Waals surface area contributed by atoms with E-state index < -0.39 is 0 Å². The van der Waals surface area contributed by atoms with Gasteiger partial charge in [-0.15, -0.1) is 0 Å². The molecular formula is C15H13BrClNS. The number of halogens is 2. The molecule has 1 nitrogen and oxygen atoms in total. The molecule has 0 N–H and O–H groups in total. The van der Waals surface area contributed by atoms with Gasteiger partial charge in [0.25, 0.3) is 0 Å². The largest absolute Gasteiger partial charge is 1.00 e. The van der Waals surface area contributed by atoms with Gasteiger partial charge in [-0.3, -0.25) is 0 Å². The summed E-state index contributed by atoms with van der Waals surface area (Å²) in [5, 5.41) is 0.798. The number of aromatic nitrogens is 1. The highest BCUT2D eigenvalue weighted by atomic mass is 79.9. The highest BCUT2D eigenvalue weighted by Gasteiger charge is 2.12. The highest BCUT2D eigenvalue weighted by molar-refractivity contribution is 7.16. The minimum Gasteiger partial charge on any atom is -1.00 e. The van der Waals surface area contributed by atoms with E-state index in [0.29, 0.717) is 0 Å². The Balaban J connectivity index is 0.00000133. The molecule has 0 spiro atoms. The summed E-state index contributed by atoms with van der Waals surface area (Å²) in [6, 6.07) is 14.7. The third-order valence-electron chi connectivity index (χ3n) is 3.01. The fourth-order valence-corrected chi connectivity index (χ4v) is 3.18. The lowest BCUT2D eigenvalue weighted by Crippen LogP contribution is -3.00. The van der Waals surface area contributed by atoms with Crippen LogP contribution in [0.4, 0.5) is 0 Å². The molecule has 0 unspecified atom stereocenters. The molecule has 4 heteroatoms. The van der Waals surface area contributed by atoms with Crippen LogP contribution in [-0.4, -0.2) is 0 Å². The van der Waals surface area contributed by atoms with Gasteiger partial charge in [0.1, 0.15) is 4.70 Å². The van der Waals surface area contributed by atoms with Crippen molar-refractivity contribution in [3.05, 3.63) is 64.1 Å². The van der Waals surface area contributed by atoms with Crippen molar-refractivity contribution < 1.29 is 21.5 Å². The third kappa shape index (κ3) is 3.16. The number of hydrogen-bond donors (Lipinski definition) is 0. The van der Waals surface area contributed by atoms with Crippen LogP contribution in [0.5, 0.6) is 0 Å². The molecular weight excluding hydrogens is 342 g/mol. The zero-order valence-electron chi connectivity index (χ0n) is 10.4. The highest BCUT2D eigenvalue weighted by Crippen LogP contribution is 2.21. The number of hydrogen-bond acceptors (Lipinski definition) is 1. The summed E-state index contributed by atoms with van der Waals surface area (Å²) < 4.78 is 3.50. The van der Waals surface area contributed by atoms with Crippen LogP contribution >= 0.6 is 22.9 Å². The number of aryl methyl sites for hydroxylation is 1. The van der Waals surface area contributed by atoms with E-state index in [0.717, 1.165) is 11.6 Å². The van der Waals surface area contributed by atoms with Crippen LogP contribution in [0.15, 0.2) is 48.0 Å². The first kappa shape index (κ1) is 14.5. The Kier molecular flexibility index (Phi) is 4.61. The van der Waals surface area contributed by atoms with Crippen molar-refractivity contribution in [2.75, 3.05) is 0 Å². The maximum Gasteiger partial charge on any atom is 0.226 e. The van der Waals surface area contributed by atoms with E-state index in [2.05, 4.69) is 47.3 Å². The molecule has 0 saturated carbocycles. The number of benzene rings is 2. The number of thiazole rings is 1. The van der Waals surface area contributed by atoms with E-state index in [1.807, 2.05) is 12.1 Å². The van der Waals surface area contributed by atoms with Gasteiger partial charge in [-0.05, 0) is 19.1 Å². The maximum absolute atomic E-state index is 6.00. The minimum absolute atomic E-state index is 0. The van der Waals surface area contributed by atoms with E-state index >= 15 is 0 Å². The van der Waals surface area contributed by atoms with Crippen molar-refractivity contribution >= 4 is 33.2 Å². The van der Waals surface area contributed by atoms with Gasteiger partial charge in [0.15, 0.2) is 6.54 Å². The molecule has 0 aliphatic rings. The molecule has 0 aliphatic heterocycles. The lowest BCUT2D eigenvalue weighted by Gasteiger charge is -1.97. The molecule has 1 heterocycles. The molecule has 0 amide bonds. The van der Waals surface area contributed by atoms with Crippen molar-refractivity contribution in [1.29, 1.82) is 0 Å². The molecule has 2 aromatic carbocycles. The number of nitrogens with zero attached hydrogens (tertiary/aromatic N) is 1. The van der Waals surface area contributed by atoms with Crippen molar-refractivity contribution in [2.45, 2.75) is 13.5 Å². The second-order valence-corrected chi connectivity index (χ2v) is 5.77. The van der Waals surface area contributed by atoms with Gasteiger partial charge in [-0.25, -0.2) is 0 Å². The Morgan fingerprint density at radius 3 is 2.58 bits per heavy atom. The van der Waals surface area contributed by atoms with Gasteiger partial charge in [-0.1, -0.05) is 52.8 Å². The van der Waals surface area contributed by atoms with Gasteiger partial charge >= 0.3 is 0 Å². The minimum atomic E-state index is 0. The first-order chi connectivity index (χ1) is 8.72. The van der Waals surface area contributed by atoms with Gasteiger partial charge in [0.05, 0.1) is 0 Å². The van der Waals surface area contributed by atoms with Gasteiger partial charge in [0, 0.05) is 16.7 Å². The van der Waals surface area contributed by atoms with Crippen LogP contribution in [0.3, 0.4) is 0 Å². The maximum atomic E-state index is 6.00. The van der Waals surface area contributed by atoms with Crippen molar-refractivity contribution in [3.8, 4) is 0 Å².